The fourth-order valence-electron chi connectivity index (χ4n) is 2.11. The van der Waals surface area contributed by atoms with Gasteiger partial charge in [-0.3, -0.25) is 5.43 Å². The predicted octanol–water partition coefficient (Wildman–Crippen LogP) is 4.63. The molecule has 0 bridgehead atoms. The molecule has 102 valence electrons. The Morgan fingerprint density at radius 3 is 2.35 bits per heavy atom. The monoisotopic (exact) mass is 346 g/mol. The van der Waals surface area contributed by atoms with Gasteiger partial charge in [-0.1, -0.05) is 69.7 Å². The number of hydrazone groups is 1. The Hall–Kier alpha value is -1.26. The highest BCUT2D eigenvalue weighted by Gasteiger charge is 2.34. The van der Waals surface area contributed by atoms with Gasteiger partial charge in [0.15, 0.2) is 0 Å². The molecule has 2 aromatic rings. The fourth-order valence-corrected chi connectivity index (χ4v) is 3.45. The minimum Gasteiger partial charge on any atom is -0.288 e. The highest BCUT2D eigenvalue weighted by atomic mass is 79.9. The minimum atomic E-state index is -0.207. The Morgan fingerprint density at radius 2 is 1.70 bits per heavy atom. The molecule has 20 heavy (non-hydrogen) atoms. The van der Waals surface area contributed by atoms with Crippen molar-refractivity contribution in [2.24, 2.45) is 5.10 Å². The van der Waals surface area contributed by atoms with Crippen LogP contribution in [0.2, 0.25) is 0 Å². The van der Waals surface area contributed by atoms with E-state index >= 15 is 0 Å². The van der Waals surface area contributed by atoms with Crippen LogP contribution in [0.5, 0.6) is 0 Å². The number of nitrogens with one attached hydrogen (secondary N) is 1. The lowest BCUT2D eigenvalue weighted by molar-refractivity contribution is 0.563. The predicted molar refractivity (Wildman–Crippen MR) is 89.9 cm³/mol. The fraction of sp³-hybridized carbons (Fsp3) is 0.188. The summed E-state index contributed by atoms with van der Waals surface area (Å²) in [5, 5.41) is 5.54. The minimum absolute atomic E-state index is 0.207. The maximum absolute atomic E-state index is 4.51. The molecule has 4 heteroatoms. The summed E-state index contributed by atoms with van der Waals surface area (Å²) in [4.78, 5) is -0.207. The molecule has 1 heterocycles. The van der Waals surface area contributed by atoms with E-state index in [4.69, 9.17) is 0 Å². The van der Waals surface area contributed by atoms with Crippen molar-refractivity contribution in [2.45, 2.75) is 18.7 Å². The van der Waals surface area contributed by atoms with Crippen molar-refractivity contribution < 1.29 is 0 Å². The van der Waals surface area contributed by atoms with Crippen LogP contribution >= 0.6 is 27.7 Å². The van der Waals surface area contributed by atoms with E-state index in [1.807, 2.05) is 0 Å². The molecule has 0 radical (unpaired) electrons. The molecule has 0 aliphatic carbocycles. The van der Waals surface area contributed by atoms with E-state index in [0.717, 1.165) is 15.1 Å². The van der Waals surface area contributed by atoms with Crippen LogP contribution in [0, 0.1) is 6.92 Å². The standard InChI is InChI=1S/C16H15BrN2S/c1-11-3-5-12(6-4-11)15-18-19-16(2,20-15)13-7-9-14(17)10-8-13/h3-10,19H,1-2H3/t16-/m0/s1. The van der Waals surface area contributed by atoms with Gasteiger partial charge in [0.05, 0.1) is 0 Å². The molecular weight excluding hydrogens is 332 g/mol. The topological polar surface area (TPSA) is 24.4 Å². The Bertz CT molecular complexity index is 649. The summed E-state index contributed by atoms with van der Waals surface area (Å²) in [5.74, 6) is 0. The lowest BCUT2D eigenvalue weighted by Gasteiger charge is -2.23. The SMILES string of the molecule is Cc1ccc(C2=NN[C@](C)(c3ccc(Br)cc3)S2)cc1. The van der Waals surface area contributed by atoms with Crippen molar-refractivity contribution in [2.75, 3.05) is 0 Å². The second-order valence-electron chi connectivity index (χ2n) is 5.04. The largest absolute Gasteiger partial charge is 0.288 e. The molecule has 3 rings (SSSR count). The van der Waals surface area contributed by atoms with Crippen molar-refractivity contribution in [3.8, 4) is 0 Å². The van der Waals surface area contributed by atoms with Crippen molar-refractivity contribution in [1.29, 1.82) is 0 Å². The maximum atomic E-state index is 4.51. The molecular formula is C16H15BrN2S. The van der Waals surface area contributed by atoms with Gasteiger partial charge in [0, 0.05) is 10.0 Å². The van der Waals surface area contributed by atoms with E-state index in [0.29, 0.717) is 0 Å². The highest BCUT2D eigenvalue weighted by molar-refractivity contribution is 9.10. The zero-order valence-electron chi connectivity index (χ0n) is 11.4. The maximum Gasteiger partial charge on any atom is 0.128 e. The van der Waals surface area contributed by atoms with Crippen LogP contribution in [-0.4, -0.2) is 5.04 Å². The van der Waals surface area contributed by atoms with Crippen molar-refractivity contribution in [3.05, 3.63) is 69.7 Å². The van der Waals surface area contributed by atoms with Gasteiger partial charge in [-0.25, -0.2) is 0 Å². The second kappa shape index (κ2) is 5.26. The molecule has 0 amide bonds. The summed E-state index contributed by atoms with van der Waals surface area (Å²) in [6.45, 7) is 4.25. The summed E-state index contributed by atoms with van der Waals surface area (Å²) >= 11 is 5.23. The Balaban J connectivity index is 1.84. The molecule has 1 aliphatic rings. The van der Waals surface area contributed by atoms with E-state index in [2.05, 4.69) is 88.8 Å². The number of hydrogen-bond acceptors (Lipinski definition) is 3. The Morgan fingerprint density at radius 1 is 1.05 bits per heavy atom. The van der Waals surface area contributed by atoms with Crippen LogP contribution in [0.3, 0.4) is 0 Å². The van der Waals surface area contributed by atoms with E-state index in [9.17, 15) is 0 Å². The second-order valence-corrected chi connectivity index (χ2v) is 7.36. The molecule has 0 saturated carbocycles. The number of aryl methyl sites for hydroxylation is 1. The van der Waals surface area contributed by atoms with Gasteiger partial charge in [-0.15, -0.1) is 0 Å². The van der Waals surface area contributed by atoms with Crippen LogP contribution < -0.4 is 5.43 Å². The van der Waals surface area contributed by atoms with Crippen LogP contribution in [-0.2, 0) is 4.87 Å². The molecule has 1 aliphatic heterocycles. The van der Waals surface area contributed by atoms with E-state index in [-0.39, 0.29) is 4.87 Å². The van der Waals surface area contributed by atoms with Gasteiger partial charge in [-0.2, -0.15) is 5.10 Å². The molecule has 0 fully saturated rings. The summed E-state index contributed by atoms with van der Waals surface area (Å²) in [5.41, 5.74) is 6.91. The highest BCUT2D eigenvalue weighted by Crippen LogP contribution is 2.40. The van der Waals surface area contributed by atoms with Gasteiger partial charge in [0.1, 0.15) is 9.91 Å². The summed E-state index contributed by atoms with van der Waals surface area (Å²) in [6.07, 6.45) is 0. The first-order valence-corrected chi connectivity index (χ1v) is 8.05. The molecule has 2 aromatic carbocycles. The summed E-state index contributed by atoms with van der Waals surface area (Å²) < 4.78 is 1.09. The number of thioether (sulfide) groups is 1. The number of benzene rings is 2. The van der Waals surface area contributed by atoms with Gasteiger partial charge in [0.2, 0.25) is 0 Å². The van der Waals surface area contributed by atoms with Crippen LogP contribution in [0.4, 0.5) is 0 Å². The first kappa shape index (κ1) is 13.7. The number of nitrogens with zero attached hydrogens (tertiary/aromatic N) is 1. The van der Waals surface area contributed by atoms with Gasteiger partial charge in [-0.05, 0) is 31.5 Å². The quantitative estimate of drug-likeness (QED) is 0.857. The molecule has 2 nitrogen and oxygen atoms in total. The van der Waals surface area contributed by atoms with E-state index < -0.39 is 0 Å². The van der Waals surface area contributed by atoms with Crippen LogP contribution in [0.1, 0.15) is 23.6 Å². The molecule has 1 N–H and O–H groups in total. The van der Waals surface area contributed by atoms with Gasteiger partial charge < -0.3 is 0 Å². The lowest BCUT2D eigenvalue weighted by Crippen LogP contribution is -2.28. The molecule has 0 saturated heterocycles. The third-order valence-corrected chi connectivity index (χ3v) is 5.15. The summed E-state index contributed by atoms with van der Waals surface area (Å²) in [6, 6.07) is 16.8. The Labute approximate surface area is 131 Å². The number of rotatable bonds is 2. The lowest BCUT2D eigenvalue weighted by atomic mass is 10.1. The van der Waals surface area contributed by atoms with Gasteiger partial charge >= 0.3 is 0 Å². The van der Waals surface area contributed by atoms with Crippen LogP contribution in [0.25, 0.3) is 0 Å². The van der Waals surface area contributed by atoms with E-state index in [1.54, 1.807) is 11.8 Å². The number of hydrogen-bond donors (Lipinski definition) is 1. The third kappa shape index (κ3) is 2.63. The summed E-state index contributed by atoms with van der Waals surface area (Å²) in [7, 11) is 0. The first-order valence-electron chi connectivity index (χ1n) is 6.44. The zero-order chi connectivity index (χ0) is 14.2. The molecule has 1 atom stereocenters. The third-order valence-electron chi connectivity index (χ3n) is 3.37. The van der Waals surface area contributed by atoms with Crippen LogP contribution in [0.15, 0.2) is 58.1 Å². The van der Waals surface area contributed by atoms with Gasteiger partial charge in [0.25, 0.3) is 0 Å². The van der Waals surface area contributed by atoms with E-state index in [1.165, 1.54) is 11.1 Å². The van der Waals surface area contributed by atoms with Crippen molar-refractivity contribution in [1.82, 2.24) is 5.43 Å². The molecule has 0 unspecified atom stereocenters. The Kier molecular flexibility index (Phi) is 3.61. The average molecular weight is 347 g/mol. The average Bonchev–Trinajstić information content (AvgIpc) is 2.84. The molecule has 0 spiro atoms. The van der Waals surface area contributed by atoms with Crippen molar-refractivity contribution >= 4 is 32.7 Å². The first-order chi connectivity index (χ1) is 9.57. The smallest absolute Gasteiger partial charge is 0.128 e. The molecule has 0 aromatic heterocycles. The van der Waals surface area contributed by atoms with Crippen molar-refractivity contribution in [3.63, 3.8) is 0 Å². The normalized spacial score (nSPS) is 21.4. The number of halogens is 1. The zero-order valence-corrected chi connectivity index (χ0v) is 13.8.